The minimum absolute atomic E-state index is 0.435. The minimum Gasteiger partial charge on any atom is -0.351 e. The number of halogens is 1. The molecule has 1 heterocycles. The molecule has 0 fully saturated rings. The number of amides is 3. The van der Waals surface area contributed by atoms with E-state index in [1.165, 1.54) is 23.1 Å². The van der Waals surface area contributed by atoms with Gasteiger partial charge < -0.3 is 5.73 Å². The molecule has 0 aliphatic heterocycles. The minimum atomic E-state index is -0.853. The van der Waals surface area contributed by atoms with Crippen molar-refractivity contribution in [2.75, 3.05) is 0 Å². The Bertz CT molecular complexity index is 644. The highest BCUT2D eigenvalue weighted by Gasteiger charge is 2.17. The number of benzene rings is 1. The Kier molecular flexibility index (Phi) is 4.28. The second kappa shape index (κ2) is 5.77. The summed E-state index contributed by atoms with van der Waals surface area (Å²) in [6.45, 7) is 1.68. The number of primary amides is 1. The lowest BCUT2D eigenvalue weighted by Gasteiger charge is -2.06. The molecule has 8 heteroatoms. The number of imide groups is 1. The third-order valence-electron chi connectivity index (χ3n) is 2.22. The van der Waals surface area contributed by atoms with E-state index in [9.17, 15) is 9.59 Å². The number of carbonyl (C=O) groups excluding carboxylic acids is 2. The van der Waals surface area contributed by atoms with Crippen LogP contribution < -0.4 is 11.1 Å². The van der Waals surface area contributed by atoms with Gasteiger partial charge in [-0.3, -0.25) is 10.1 Å². The SMILES string of the molecule is C[C@@H](Sc1nc2cc(Cl)ccc2s1)C(=O)NC(N)=O. The molecule has 3 N–H and O–H groups in total. The van der Waals surface area contributed by atoms with Gasteiger partial charge in [-0.1, -0.05) is 23.4 Å². The lowest BCUT2D eigenvalue weighted by molar-refractivity contribution is -0.119. The molecule has 2 rings (SSSR count). The molecule has 0 radical (unpaired) electrons. The van der Waals surface area contributed by atoms with Crippen LogP contribution in [0.5, 0.6) is 0 Å². The highest BCUT2D eigenvalue weighted by Crippen LogP contribution is 2.33. The van der Waals surface area contributed by atoms with Gasteiger partial charge in [0.25, 0.3) is 0 Å². The van der Waals surface area contributed by atoms with E-state index in [1.807, 2.05) is 11.4 Å². The third kappa shape index (κ3) is 3.59. The quantitative estimate of drug-likeness (QED) is 0.853. The van der Waals surface area contributed by atoms with Crippen molar-refractivity contribution in [1.82, 2.24) is 10.3 Å². The number of thiazole rings is 1. The Labute approximate surface area is 122 Å². The normalized spacial score (nSPS) is 12.3. The maximum absolute atomic E-state index is 11.6. The summed E-state index contributed by atoms with van der Waals surface area (Å²) in [7, 11) is 0. The molecule has 0 spiro atoms. The third-order valence-corrected chi connectivity index (χ3v) is 4.69. The van der Waals surface area contributed by atoms with Gasteiger partial charge >= 0.3 is 6.03 Å². The van der Waals surface area contributed by atoms with Crippen LogP contribution in [0.25, 0.3) is 10.2 Å². The standard InChI is InChI=1S/C11H10ClN3O2S2/c1-5(9(16)15-10(13)17)18-11-14-7-4-6(12)2-3-8(7)19-11/h2-5H,1H3,(H3,13,15,16,17)/t5-/m1/s1. The summed E-state index contributed by atoms with van der Waals surface area (Å²) in [4.78, 5) is 26.5. The van der Waals surface area contributed by atoms with E-state index in [0.29, 0.717) is 5.02 Å². The number of rotatable bonds is 3. The molecule has 0 saturated carbocycles. The summed E-state index contributed by atoms with van der Waals surface area (Å²) in [5, 5.41) is 2.20. The van der Waals surface area contributed by atoms with Crippen molar-refractivity contribution in [1.29, 1.82) is 0 Å². The van der Waals surface area contributed by atoms with Crippen molar-refractivity contribution >= 4 is 56.9 Å². The average Bonchev–Trinajstić information content (AvgIpc) is 2.69. The van der Waals surface area contributed by atoms with Gasteiger partial charge in [0.15, 0.2) is 4.34 Å². The molecule has 0 unspecified atom stereocenters. The maximum Gasteiger partial charge on any atom is 0.318 e. The summed E-state index contributed by atoms with van der Waals surface area (Å²) < 4.78 is 1.73. The molecule has 1 aromatic carbocycles. The van der Waals surface area contributed by atoms with E-state index in [0.717, 1.165) is 14.6 Å². The number of fused-ring (bicyclic) bond motifs is 1. The summed E-state index contributed by atoms with van der Waals surface area (Å²) in [6, 6.07) is 4.59. The Hall–Kier alpha value is -1.31. The number of thioether (sulfide) groups is 1. The van der Waals surface area contributed by atoms with Crippen LogP contribution in [0.15, 0.2) is 22.5 Å². The van der Waals surface area contributed by atoms with Crippen LogP contribution in [0, 0.1) is 0 Å². The number of nitrogens with zero attached hydrogens (tertiary/aromatic N) is 1. The zero-order valence-corrected chi connectivity index (χ0v) is 12.2. The lowest BCUT2D eigenvalue weighted by atomic mass is 10.3. The fourth-order valence-electron chi connectivity index (χ4n) is 1.36. The predicted octanol–water partition coefficient (Wildman–Crippen LogP) is 2.63. The number of urea groups is 1. The van der Waals surface area contributed by atoms with Crippen LogP contribution in [-0.2, 0) is 4.79 Å². The first-order valence-corrected chi connectivity index (χ1v) is 7.36. The molecule has 100 valence electrons. The molecule has 5 nitrogen and oxygen atoms in total. The van der Waals surface area contributed by atoms with Crippen molar-refractivity contribution in [3.8, 4) is 0 Å². The number of aromatic nitrogens is 1. The van der Waals surface area contributed by atoms with Crippen LogP contribution >= 0.6 is 34.7 Å². The van der Waals surface area contributed by atoms with E-state index in [-0.39, 0.29) is 0 Å². The zero-order chi connectivity index (χ0) is 14.0. The first-order valence-electron chi connectivity index (χ1n) is 5.29. The number of nitrogens with two attached hydrogens (primary N) is 1. The van der Waals surface area contributed by atoms with Crippen LogP contribution in [0.1, 0.15) is 6.92 Å². The summed E-state index contributed by atoms with van der Waals surface area (Å²) in [5.41, 5.74) is 5.69. The topological polar surface area (TPSA) is 85.1 Å². The Morgan fingerprint density at radius 3 is 2.95 bits per heavy atom. The molecule has 2 aromatic rings. The molecule has 0 aliphatic carbocycles. The molecule has 0 aliphatic rings. The zero-order valence-electron chi connectivity index (χ0n) is 9.84. The van der Waals surface area contributed by atoms with Crippen molar-refractivity contribution in [2.45, 2.75) is 16.5 Å². The first kappa shape index (κ1) is 14.1. The largest absolute Gasteiger partial charge is 0.351 e. The highest BCUT2D eigenvalue weighted by atomic mass is 35.5. The number of hydrogen-bond donors (Lipinski definition) is 2. The number of carbonyl (C=O) groups is 2. The summed E-state index contributed by atoms with van der Waals surface area (Å²) in [6.07, 6.45) is 0. The molecule has 1 aromatic heterocycles. The monoisotopic (exact) mass is 315 g/mol. The van der Waals surface area contributed by atoms with Crippen molar-refractivity contribution in [2.24, 2.45) is 5.73 Å². The van der Waals surface area contributed by atoms with Crippen molar-refractivity contribution in [3.63, 3.8) is 0 Å². The Morgan fingerprint density at radius 2 is 2.26 bits per heavy atom. The first-order chi connectivity index (χ1) is 8.95. The van der Waals surface area contributed by atoms with Gasteiger partial charge in [0.1, 0.15) is 0 Å². The van der Waals surface area contributed by atoms with E-state index in [2.05, 4.69) is 4.98 Å². The Balaban J connectivity index is 2.12. The van der Waals surface area contributed by atoms with Crippen molar-refractivity contribution in [3.05, 3.63) is 23.2 Å². The van der Waals surface area contributed by atoms with Gasteiger partial charge in [-0.15, -0.1) is 11.3 Å². The van der Waals surface area contributed by atoms with Gasteiger partial charge in [-0.25, -0.2) is 9.78 Å². The van der Waals surface area contributed by atoms with Gasteiger partial charge in [0.05, 0.1) is 15.5 Å². The van der Waals surface area contributed by atoms with Crippen LogP contribution in [0.2, 0.25) is 5.02 Å². The number of hydrogen-bond acceptors (Lipinski definition) is 5. The van der Waals surface area contributed by atoms with E-state index in [4.69, 9.17) is 17.3 Å². The van der Waals surface area contributed by atoms with E-state index in [1.54, 1.807) is 19.1 Å². The van der Waals surface area contributed by atoms with Gasteiger partial charge in [-0.05, 0) is 25.1 Å². The predicted molar refractivity (Wildman–Crippen MR) is 77.7 cm³/mol. The smallest absolute Gasteiger partial charge is 0.318 e. The molecule has 3 amide bonds. The van der Waals surface area contributed by atoms with Crippen LogP contribution in [0.3, 0.4) is 0 Å². The highest BCUT2D eigenvalue weighted by molar-refractivity contribution is 8.02. The molecule has 19 heavy (non-hydrogen) atoms. The lowest BCUT2D eigenvalue weighted by Crippen LogP contribution is -2.39. The van der Waals surface area contributed by atoms with E-state index >= 15 is 0 Å². The fraction of sp³-hybridized carbons (Fsp3) is 0.182. The van der Waals surface area contributed by atoms with Gasteiger partial charge in [0, 0.05) is 5.02 Å². The second-order valence-electron chi connectivity index (χ2n) is 3.71. The maximum atomic E-state index is 11.6. The fourth-order valence-corrected chi connectivity index (χ4v) is 3.72. The van der Waals surface area contributed by atoms with Gasteiger partial charge in [-0.2, -0.15) is 0 Å². The Morgan fingerprint density at radius 1 is 1.53 bits per heavy atom. The molecule has 1 atom stereocenters. The molecule has 0 bridgehead atoms. The molecular formula is C11H10ClN3O2S2. The van der Waals surface area contributed by atoms with Gasteiger partial charge in [0.2, 0.25) is 5.91 Å². The molecule has 0 saturated heterocycles. The van der Waals surface area contributed by atoms with E-state index < -0.39 is 17.2 Å². The van der Waals surface area contributed by atoms with Crippen LogP contribution in [0.4, 0.5) is 4.79 Å². The van der Waals surface area contributed by atoms with Crippen molar-refractivity contribution < 1.29 is 9.59 Å². The second-order valence-corrected chi connectivity index (χ2v) is 6.76. The number of nitrogens with one attached hydrogen (secondary N) is 1. The summed E-state index contributed by atoms with van der Waals surface area (Å²) >= 11 is 8.62. The summed E-state index contributed by atoms with van der Waals surface area (Å²) in [5.74, 6) is -0.435. The average molecular weight is 316 g/mol. The van der Waals surface area contributed by atoms with Crippen LogP contribution in [-0.4, -0.2) is 22.2 Å². The molecular weight excluding hydrogens is 306 g/mol.